The van der Waals surface area contributed by atoms with Crippen molar-refractivity contribution in [1.29, 1.82) is 0 Å². The molecule has 1 unspecified atom stereocenters. The Balaban J connectivity index is 1.16. The Hall–Kier alpha value is -5.42. The SMILES string of the molecule is O=C(c1ccccc1)c1ccccc1NC(Cc1ccc(OC/C=C/c2ccc(-c3ccccc3)cc2)cc1)C(=O)O. The summed E-state index contributed by atoms with van der Waals surface area (Å²) in [5, 5.41) is 13.0. The second-order valence-corrected chi connectivity index (χ2v) is 9.83. The van der Waals surface area contributed by atoms with E-state index in [1.807, 2.05) is 60.7 Å². The minimum atomic E-state index is -1.00. The molecule has 1 atom stereocenters. The molecule has 5 heteroatoms. The number of carboxylic acid groups (broad SMARTS) is 1. The van der Waals surface area contributed by atoms with Crippen molar-refractivity contribution in [3.63, 3.8) is 0 Å². The summed E-state index contributed by atoms with van der Waals surface area (Å²) in [6, 6.07) is 41.0. The summed E-state index contributed by atoms with van der Waals surface area (Å²) in [5.41, 5.74) is 5.75. The summed E-state index contributed by atoms with van der Waals surface area (Å²) < 4.78 is 5.85. The number of ether oxygens (including phenoxy) is 1. The van der Waals surface area contributed by atoms with Gasteiger partial charge in [-0.2, -0.15) is 0 Å². The number of carboxylic acids is 1. The third-order valence-electron chi connectivity index (χ3n) is 6.87. The minimum Gasteiger partial charge on any atom is -0.490 e. The van der Waals surface area contributed by atoms with Gasteiger partial charge in [0.05, 0.1) is 0 Å². The normalized spacial score (nSPS) is 11.6. The van der Waals surface area contributed by atoms with Crippen LogP contribution in [0.4, 0.5) is 5.69 Å². The van der Waals surface area contributed by atoms with Crippen molar-refractivity contribution in [3.05, 3.63) is 162 Å². The molecule has 0 aliphatic rings. The van der Waals surface area contributed by atoms with E-state index >= 15 is 0 Å². The largest absolute Gasteiger partial charge is 0.490 e. The molecule has 42 heavy (non-hydrogen) atoms. The summed E-state index contributed by atoms with van der Waals surface area (Å²) in [6.07, 6.45) is 4.22. The van der Waals surface area contributed by atoms with Gasteiger partial charge in [0.15, 0.2) is 5.78 Å². The Morgan fingerprint density at radius 3 is 2.02 bits per heavy atom. The summed E-state index contributed by atoms with van der Waals surface area (Å²) in [4.78, 5) is 25.2. The second kappa shape index (κ2) is 13.8. The number of hydrogen-bond acceptors (Lipinski definition) is 4. The van der Waals surface area contributed by atoms with E-state index in [0.29, 0.717) is 29.2 Å². The Labute approximate surface area is 245 Å². The molecule has 0 aromatic heterocycles. The van der Waals surface area contributed by atoms with Gasteiger partial charge in [-0.25, -0.2) is 4.79 Å². The fraction of sp³-hybridized carbons (Fsp3) is 0.0811. The molecule has 0 saturated carbocycles. The lowest BCUT2D eigenvalue weighted by molar-refractivity contribution is -0.137. The summed E-state index contributed by atoms with van der Waals surface area (Å²) >= 11 is 0. The summed E-state index contributed by atoms with van der Waals surface area (Å²) in [6.45, 7) is 0.408. The highest BCUT2D eigenvalue weighted by Gasteiger charge is 2.21. The van der Waals surface area contributed by atoms with Crippen molar-refractivity contribution in [2.75, 3.05) is 11.9 Å². The molecule has 0 radical (unpaired) electrons. The lowest BCUT2D eigenvalue weighted by Crippen LogP contribution is -2.32. The van der Waals surface area contributed by atoms with Crippen molar-refractivity contribution < 1.29 is 19.4 Å². The van der Waals surface area contributed by atoms with Crippen LogP contribution in [0, 0.1) is 0 Å². The molecule has 0 saturated heterocycles. The number of para-hydroxylation sites is 1. The van der Waals surface area contributed by atoms with Gasteiger partial charge in [-0.05, 0) is 52.6 Å². The van der Waals surface area contributed by atoms with Crippen molar-refractivity contribution in [2.24, 2.45) is 0 Å². The van der Waals surface area contributed by atoms with Crippen molar-refractivity contribution in [3.8, 4) is 16.9 Å². The predicted octanol–water partition coefficient (Wildman–Crippen LogP) is 7.78. The van der Waals surface area contributed by atoms with Crippen LogP contribution in [0.25, 0.3) is 17.2 Å². The van der Waals surface area contributed by atoms with Crippen LogP contribution in [0.3, 0.4) is 0 Å². The minimum absolute atomic E-state index is 0.164. The van der Waals surface area contributed by atoms with Gasteiger partial charge in [0.25, 0.3) is 0 Å². The highest BCUT2D eigenvalue weighted by Crippen LogP contribution is 2.23. The van der Waals surface area contributed by atoms with E-state index in [2.05, 4.69) is 41.7 Å². The summed E-state index contributed by atoms with van der Waals surface area (Å²) in [7, 11) is 0. The van der Waals surface area contributed by atoms with E-state index in [1.54, 1.807) is 48.5 Å². The lowest BCUT2D eigenvalue weighted by Gasteiger charge is -2.18. The quantitative estimate of drug-likeness (QED) is 0.154. The number of carbonyl (C=O) groups is 2. The van der Waals surface area contributed by atoms with Crippen molar-refractivity contribution in [1.82, 2.24) is 0 Å². The van der Waals surface area contributed by atoms with E-state index in [-0.39, 0.29) is 12.2 Å². The zero-order chi connectivity index (χ0) is 29.1. The first-order valence-electron chi connectivity index (χ1n) is 13.8. The molecule has 5 rings (SSSR count). The van der Waals surface area contributed by atoms with Gasteiger partial charge in [-0.15, -0.1) is 0 Å². The van der Waals surface area contributed by atoms with Crippen LogP contribution in [0.1, 0.15) is 27.0 Å². The van der Waals surface area contributed by atoms with Crippen LogP contribution >= 0.6 is 0 Å². The second-order valence-electron chi connectivity index (χ2n) is 9.83. The van der Waals surface area contributed by atoms with Crippen LogP contribution in [0.5, 0.6) is 5.75 Å². The highest BCUT2D eigenvalue weighted by molar-refractivity contribution is 6.12. The van der Waals surface area contributed by atoms with E-state index in [4.69, 9.17) is 4.74 Å². The average Bonchev–Trinajstić information content (AvgIpc) is 3.04. The third kappa shape index (κ3) is 7.40. The number of aliphatic carboxylic acids is 1. The maximum atomic E-state index is 13.1. The first-order valence-corrected chi connectivity index (χ1v) is 13.8. The van der Waals surface area contributed by atoms with Gasteiger partial charge >= 0.3 is 5.97 Å². The molecular weight excluding hydrogens is 522 g/mol. The molecule has 5 aromatic rings. The van der Waals surface area contributed by atoms with Crippen molar-refractivity contribution in [2.45, 2.75) is 12.5 Å². The number of hydrogen-bond donors (Lipinski definition) is 2. The van der Waals surface area contributed by atoms with Gasteiger partial charge in [-0.3, -0.25) is 4.79 Å². The van der Waals surface area contributed by atoms with Gasteiger partial charge in [0, 0.05) is 23.2 Å². The van der Waals surface area contributed by atoms with Gasteiger partial charge < -0.3 is 15.2 Å². The number of nitrogens with one attached hydrogen (secondary N) is 1. The number of anilines is 1. The fourth-order valence-corrected chi connectivity index (χ4v) is 4.64. The number of benzene rings is 5. The molecule has 2 N–H and O–H groups in total. The number of carbonyl (C=O) groups excluding carboxylic acids is 1. The molecule has 0 heterocycles. The lowest BCUT2D eigenvalue weighted by atomic mass is 10.00. The van der Waals surface area contributed by atoms with Crippen molar-refractivity contribution >= 4 is 23.5 Å². The maximum Gasteiger partial charge on any atom is 0.326 e. The van der Waals surface area contributed by atoms with Crippen LogP contribution in [0.15, 0.2) is 140 Å². The fourth-order valence-electron chi connectivity index (χ4n) is 4.64. The van der Waals surface area contributed by atoms with Crippen LogP contribution in [0.2, 0.25) is 0 Å². The van der Waals surface area contributed by atoms with E-state index in [1.165, 1.54) is 11.1 Å². The van der Waals surface area contributed by atoms with Gasteiger partial charge in [-0.1, -0.05) is 115 Å². The molecule has 0 amide bonds. The Morgan fingerprint density at radius 2 is 1.33 bits per heavy atom. The monoisotopic (exact) mass is 553 g/mol. The Kier molecular flexibility index (Phi) is 9.22. The third-order valence-corrected chi connectivity index (χ3v) is 6.87. The molecule has 0 bridgehead atoms. The first kappa shape index (κ1) is 28.1. The molecule has 0 spiro atoms. The van der Waals surface area contributed by atoms with E-state index < -0.39 is 12.0 Å². The van der Waals surface area contributed by atoms with Crippen LogP contribution in [-0.2, 0) is 11.2 Å². The number of ketones is 1. The molecule has 5 nitrogen and oxygen atoms in total. The summed E-state index contributed by atoms with van der Waals surface area (Å²) in [5.74, 6) is -0.469. The molecular formula is C37H31NO4. The maximum absolute atomic E-state index is 13.1. The first-order chi connectivity index (χ1) is 20.6. The molecule has 208 valence electrons. The van der Waals surface area contributed by atoms with E-state index in [9.17, 15) is 14.7 Å². The predicted molar refractivity (Wildman–Crippen MR) is 168 cm³/mol. The van der Waals surface area contributed by atoms with Crippen LogP contribution < -0.4 is 10.1 Å². The average molecular weight is 554 g/mol. The topological polar surface area (TPSA) is 75.6 Å². The molecule has 5 aromatic carbocycles. The molecule has 0 fully saturated rings. The zero-order valence-electron chi connectivity index (χ0n) is 23.0. The van der Waals surface area contributed by atoms with Crippen LogP contribution in [-0.4, -0.2) is 29.5 Å². The zero-order valence-corrected chi connectivity index (χ0v) is 23.0. The molecule has 0 aliphatic carbocycles. The Bertz CT molecular complexity index is 1640. The smallest absolute Gasteiger partial charge is 0.326 e. The Morgan fingerprint density at radius 1 is 0.714 bits per heavy atom. The van der Waals surface area contributed by atoms with Gasteiger partial charge in [0.2, 0.25) is 0 Å². The molecule has 0 aliphatic heterocycles. The van der Waals surface area contributed by atoms with Gasteiger partial charge in [0.1, 0.15) is 18.4 Å². The van der Waals surface area contributed by atoms with E-state index in [0.717, 1.165) is 11.1 Å². The standard InChI is InChI=1S/C37H31NO4/c39-36(31-13-5-2-6-14-31)33-15-7-8-16-34(33)38-35(37(40)41)26-28-19-23-32(24-20-28)42-25-9-10-27-17-21-30(22-18-27)29-11-3-1-4-12-29/h1-24,35,38H,25-26H2,(H,40,41)/b10-9+. The number of rotatable bonds is 12. The highest BCUT2D eigenvalue weighted by atomic mass is 16.5.